The number of carbonyl (C=O) groups excluding carboxylic acids is 1. The summed E-state index contributed by atoms with van der Waals surface area (Å²) in [5.41, 5.74) is 0.174. The van der Waals surface area contributed by atoms with Crippen LogP contribution >= 0.6 is 0 Å². The van der Waals surface area contributed by atoms with Crippen LogP contribution in [-0.2, 0) is 4.79 Å². The van der Waals surface area contributed by atoms with Crippen LogP contribution < -0.4 is 0 Å². The average Bonchev–Trinajstić information content (AvgIpc) is 2.03. The Balaban J connectivity index is 4.51. The topological polar surface area (TPSA) is 17.1 Å². The summed E-state index contributed by atoms with van der Waals surface area (Å²) < 4.78 is 0. The van der Waals surface area contributed by atoms with Crippen LogP contribution in [0.1, 0.15) is 54.4 Å². The van der Waals surface area contributed by atoms with Gasteiger partial charge in [-0.1, -0.05) is 41.5 Å². The minimum Gasteiger partial charge on any atom is -0.300 e. The standard InChI is InChI=1S/C12H24O/c1-7-11(13)8-12(6,9(2)3)10(4)5/h9-10H,7-8H2,1-6H3. The molecule has 0 aromatic heterocycles. The van der Waals surface area contributed by atoms with Crippen molar-refractivity contribution in [2.45, 2.75) is 54.4 Å². The normalized spacial score (nSPS) is 12.6. The number of ketones is 1. The van der Waals surface area contributed by atoms with E-state index in [1.54, 1.807) is 0 Å². The molecule has 1 nitrogen and oxygen atoms in total. The van der Waals surface area contributed by atoms with Crippen molar-refractivity contribution in [2.24, 2.45) is 17.3 Å². The maximum Gasteiger partial charge on any atom is 0.133 e. The largest absolute Gasteiger partial charge is 0.300 e. The molecule has 0 fully saturated rings. The molecule has 0 amide bonds. The molecule has 0 N–H and O–H groups in total. The van der Waals surface area contributed by atoms with Gasteiger partial charge in [-0.05, 0) is 17.3 Å². The van der Waals surface area contributed by atoms with E-state index in [2.05, 4.69) is 34.6 Å². The summed E-state index contributed by atoms with van der Waals surface area (Å²) in [4.78, 5) is 11.4. The first-order chi connectivity index (χ1) is 5.84. The van der Waals surface area contributed by atoms with Crippen molar-refractivity contribution in [3.63, 3.8) is 0 Å². The minimum absolute atomic E-state index is 0.174. The first-order valence-electron chi connectivity index (χ1n) is 5.36. The van der Waals surface area contributed by atoms with Crippen molar-refractivity contribution in [1.82, 2.24) is 0 Å². The molecular formula is C12H24O. The molecule has 78 valence electrons. The van der Waals surface area contributed by atoms with Gasteiger partial charge in [-0.15, -0.1) is 0 Å². The summed E-state index contributed by atoms with van der Waals surface area (Å²) >= 11 is 0. The molecule has 0 spiro atoms. The van der Waals surface area contributed by atoms with E-state index in [0.29, 0.717) is 24.0 Å². The lowest BCUT2D eigenvalue weighted by Crippen LogP contribution is -2.32. The molecule has 0 radical (unpaired) electrons. The monoisotopic (exact) mass is 184 g/mol. The lowest BCUT2D eigenvalue weighted by atomic mass is 9.67. The molecule has 13 heavy (non-hydrogen) atoms. The Bertz CT molecular complexity index is 160. The molecule has 0 atom stereocenters. The fraction of sp³-hybridized carbons (Fsp3) is 0.917. The Labute approximate surface area is 82.9 Å². The van der Waals surface area contributed by atoms with E-state index in [9.17, 15) is 4.79 Å². The summed E-state index contributed by atoms with van der Waals surface area (Å²) in [5.74, 6) is 1.54. The van der Waals surface area contributed by atoms with Crippen molar-refractivity contribution >= 4 is 5.78 Å². The Morgan fingerprint density at radius 1 is 1.15 bits per heavy atom. The quantitative estimate of drug-likeness (QED) is 0.637. The highest BCUT2D eigenvalue weighted by molar-refractivity contribution is 5.78. The molecule has 0 rings (SSSR count). The molecule has 0 unspecified atom stereocenters. The molecule has 0 saturated heterocycles. The third kappa shape index (κ3) is 3.13. The summed E-state index contributed by atoms with van der Waals surface area (Å²) in [5, 5.41) is 0. The molecule has 1 heteroatoms. The van der Waals surface area contributed by atoms with Crippen LogP contribution in [0, 0.1) is 17.3 Å². The fourth-order valence-electron chi connectivity index (χ4n) is 1.62. The van der Waals surface area contributed by atoms with Crippen molar-refractivity contribution in [3.05, 3.63) is 0 Å². The lowest BCUT2D eigenvalue weighted by Gasteiger charge is -2.37. The number of carbonyl (C=O) groups is 1. The number of hydrogen-bond acceptors (Lipinski definition) is 1. The predicted octanol–water partition coefficient (Wildman–Crippen LogP) is 3.67. The van der Waals surface area contributed by atoms with Crippen LogP contribution in [0.2, 0.25) is 0 Å². The molecular weight excluding hydrogens is 160 g/mol. The van der Waals surface area contributed by atoms with E-state index in [4.69, 9.17) is 0 Å². The lowest BCUT2D eigenvalue weighted by molar-refractivity contribution is -0.122. The number of rotatable bonds is 5. The smallest absolute Gasteiger partial charge is 0.133 e. The van der Waals surface area contributed by atoms with Gasteiger partial charge in [0.05, 0.1) is 0 Å². The van der Waals surface area contributed by atoms with Gasteiger partial charge in [-0.3, -0.25) is 4.79 Å². The summed E-state index contributed by atoms with van der Waals surface area (Å²) in [6.07, 6.45) is 1.41. The maximum atomic E-state index is 11.4. The van der Waals surface area contributed by atoms with Crippen LogP contribution in [0.5, 0.6) is 0 Å². The highest BCUT2D eigenvalue weighted by atomic mass is 16.1. The Morgan fingerprint density at radius 3 is 1.77 bits per heavy atom. The zero-order chi connectivity index (χ0) is 10.6. The van der Waals surface area contributed by atoms with Gasteiger partial charge in [0.15, 0.2) is 0 Å². The third-order valence-corrected chi connectivity index (χ3v) is 3.61. The second-order valence-electron chi connectivity index (χ2n) is 4.88. The summed E-state index contributed by atoms with van der Waals surface area (Å²) in [7, 11) is 0. The van der Waals surface area contributed by atoms with Crippen molar-refractivity contribution in [1.29, 1.82) is 0 Å². The predicted molar refractivity (Wildman–Crippen MR) is 57.7 cm³/mol. The van der Waals surface area contributed by atoms with Gasteiger partial charge in [0.2, 0.25) is 0 Å². The van der Waals surface area contributed by atoms with Gasteiger partial charge in [0.25, 0.3) is 0 Å². The zero-order valence-electron chi connectivity index (χ0n) is 9.98. The van der Waals surface area contributed by atoms with Gasteiger partial charge in [0, 0.05) is 12.8 Å². The highest BCUT2D eigenvalue weighted by Gasteiger charge is 2.33. The third-order valence-electron chi connectivity index (χ3n) is 3.61. The van der Waals surface area contributed by atoms with Gasteiger partial charge >= 0.3 is 0 Å². The first kappa shape index (κ1) is 12.7. The molecule has 0 bridgehead atoms. The SMILES string of the molecule is CCC(=O)CC(C)(C(C)C)C(C)C. The average molecular weight is 184 g/mol. The van der Waals surface area contributed by atoms with E-state index < -0.39 is 0 Å². The molecule has 0 aliphatic heterocycles. The number of Topliss-reactive ketones (excluding diaryl/α,β-unsaturated/α-hetero) is 1. The van der Waals surface area contributed by atoms with Crippen LogP contribution in [0.25, 0.3) is 0 Å². The summed E-state index contributed by atoms with van der Waals surface area (Å²) in [6.45, 7) is 13.0. The van der Waals surface area contributed by atoms with Crippen molar-refractivity contribution in [2.75, 3.05) is 0 Å². The van der Waals surface area contributed by atoms with Crippen molar-refractivity contribution in [3.8, 4) is 0 Å². The van der Waals surface area contributed by atoms with Gasteiger partial charge in [-0.2, -0.15) is 0 Å². The van der Waals surface area contributed by atoms with Crippen LogP contribution in [0.15, 0.2) is 0 Å². The van der Waals surface area contributed by atoms with Gasteiger partial charge < -0.3 is 0 Å². The molecule has 0 aliphatic carbocycles. The zero-order valence-corrected chi connectivity index (χ0v) is 9.98. The summed E-state index contributed by atoms with van der Waals surface area (Å²) in [6, 6.07) is 0. The molecule has 0 aromatic rings. The van der Waals surface area contributed by atoms with E-state index in [-0.39, 0.29) is 5.41 Å². The van der Waals surface area contributed by atoms with E-state index >= 15 is 0 Å². The minimum atomic E-state index is 0.174. The van der Waals surface area contributed by atoms with Gasteiger partial charge in [0.1, 0.15) is 5.78 Å². The maximum absolute atomic E-state index is 11.4. The first-order valence-corrected chi connectivity index (χ1v) is 5.36. The van der Waals surface area contributed by atoms with Crippen LogP contribution in [0.3, 0.4) is 0 Å². The molecule has 0 heterocycles. The molecule has 0 aromatic carbocycles. The van der Waals surface area contributed by atoms with E-state index in [1.165, 1.54) is 0 Å². The van der Waals surface area contributed by atoms with Crippen LogP contribution in [0.4, 0.5) is 0 Å². The van der Waals surface area contributed by atoms with Crippen molar-refractivity contribution < 1.29 is 4.79 Å². The Kier molecular flexibility index (Phi) is 4.66. The molecule has 0 saturated carbocycles. The fourth-order valence-corrected chi connectivity index (χ4v) is 1.62. The van der Waals surface area contributed by atoms with E-state index in [1.807, 2.05) is 6.92 Å². The van der Waals surface area contributed by atoms with E-state index in [0.717, 1.165) is 6.42 Å². The molecule has 0 aliphatic rings. The second-order valence-corrected chi connectivity index (χ2v) is 4.88. The Hall–Kier alpha value is -0.330. The number of hydrogen-bond donors (Lipinski definition) is 0. The van der Waals surface area contributed by atoms with Gasteiger partial charge in [-0.25, -0.2) is 0 Å². The highest BCUT2D eigenvalue weighted by Crippen LogP contribution is 2.39. The van der Waals surface area contributed by atoms with Crippen LogP contribution in [-0.4, -0.2) is 5.78 Å². The second kappa shape index (κ2) is 4.78. The Morgan fingerprint density at radius 2 is 1.54 bits per heavy atom.